The fourth-order valence-corrected chi connectivity index (χ4v) is 3.97. The molecule has 4 nitrogen and oxygen atoms in total. The van der Waals surface area contributed by atoms with Crippen LogP contribution in [0.2, 0.25) is 0 Å². The van der Waals surface area contributed by atoms with Crippen LogP contribution in [0.25, 0.3) is 0 Å². The summed E-state index contributed by atoms with van der Waals surface area (Å²) in [7, 11) is 0. The van der Waals surface area contributed by atoms with Gasteiger partial charge in [-0.3, -0.25) is 0 Å². The summed E-state index contributed by atoms with van der Waals surface area (Å²) in [5.74, 6) is 1.03. The van der Waals surface area contributed by atoms with Gasteiger partial charge in [0.05, 0.1) is 0 Å². The van der Waals surface area contributed by atoms with Gasteiger partial charge in [-0.1, -0.05) is 6.92 Å². The van der Waals surface area contributed by atoms with Gasteiger partial charge in [-0.25, -0.2) is 4.98 Å². The summed E-state index contributed by atoms with van der Waals surface area (Å²) >= 11 is 1.59. The molecule has 1 N–H and O–H groups in total. The molecule has 2 unspecified atom stereocenters. The van der Waals surface area contributed by atoms with E-state index in [1.807, 2.05) is 0 Å². The molecule has 2 aliphatic rings. The van der Waals surface area contributed by atoms with E-state index in [2.05, 4.69) is 21.5 Å². The summed E-state index contributed by atoms with van der Waals surface area (Å²) in [6.07, 6.45) is 7.39. The first-order valence-electron chi connectivity index (χ1n) is 7.21. The molecule has 0 saturated carbocycles. The third-order valence-corrected chi connectivity index (χ3v) is 4.83. The second-order valence-corrected chi connectivity index (χ2v) is 6.08. The van der Waals surface area contributed by atoms with Crippen LogP contribution in [-0.2, 0) is 6.42 Å². The topological polar surface area (TPSA) is 41.1 Å². The minimum Gasteiger partial charge on any atom is -0.342 e. The molecule has 18 heavy (non-hydrogen) atoms. The zero-order valence-electron chi connectivity index (χ0n) is 11.1. The molecule has 1 aromatic heterocycles. The molecule has 0 aliphatic carbocycles. The van der Waals surface area contributed by atoms with E-state index in [1.165, 1.54) is 32.2 Å². The summed E-state index contributed by atoms with van der Waals surface area (Å²) in [6.45, 7) is 4.53. The van der Waals surface area contributed by atoms with Crippen molar-refractivity contribution in [2.45, 2.75) is 57.5 Å². The van der Waals surface area contributed by atoms with Crippen molar-refractivity contribution < 1.29 is 0 Å². The number of hydrogen-bond donors (Lipinski definition) is 1. The lowest BCUT2D eigenvalue weighted by Gasteiger charge is -2.28. The molecule has 0 amide bonds. The molecule has 3 rings (SSSR count). The number of nitrogens with zero attached hydrogens (tertiary/aromatic N) is 3. The Morgan fingerprint density at radius 1 is 1.39 bits per heavy atom. The van der Waals surface area contributed by atoms with Gasteiger partial charge in [-0.2, -0.15) is 4.37 Å². The van der Waals surface area contributed by atoms with Crippen molar-refractivity contribution in [3.63, 3.8) is 0 Å². The molecule has 3 heterocycles. The van der Waals surface area contributed by atoms with Crippen LogP contribution >= 0.6 is 11.5 Å². The molecule has 2 atom stereocenters. The highest BCUT2D eigenvalue weighted by Gasteiger charge is 2.34. The van der Waals surface area contributed by atoms with Gasteiger partial charge in [0.25, 0.3) is 0 Å². The van der Waals surface area contributed by atoms with Gasteiger partial charge >= 0.3 is 0 Å². The standard InChI is InChI=1S/C13H22N4S/c1-2-5-12-15-13(18-16-12)17-9-4-7-11(17)10-6-3-8-14-10/h10-11,14H,2-9H2,1H3. The Morgan fingerprint density at radius 2 is 2.33 bits per heavy atom. The highest BCUT2D eigenvalue weighted by atomic mass is 32.1. The second kappa shape index (κ2) is 5.53. The molecule has 0 aromatic carbocycles. The van der Waals surface area contributed by atoms with Gasteiger partial charge in [0, 0.05) is 36.6 Å². The predicted octanol–water partition coefficient (Wildman–Crippen LogP) is 2.21. The highest BCUT2D eigenvalue weighted by molar-refractivity contribution is 7.09. The summed E-state index contributed by atoms with van der Waals surface area (Å²) in [6, 6.07) is 1.32. The zero-order valence-corrected chi connectivity index (χ0v) is 11.9. The Labute approximate surface area is 113 Å². The molecule has 0 spiro atoms. The van der Waals surface area contributed by atoms with E-state index in [4.69, 9.17) is 4.98 Å². The van der Waals surface area contributed by atoms with Gasteiger partial charge in [0.15, 0.2) is 0 Å². The Bertz CT molecular complexity index is 386. The minimum absolute atomic E-state index is 0.648. The number of hydrogen-bond acceptors (Lipinski definition) is 5. The maximum absolute atomic E-state index is 4.71. The van der Waals surface area contributed by atoms with Crippen LogP contribution in [0.4, 0.5) is 5.13 Å². The van der Waals surface area contributed by atoms with Crippen LogP contribution in [0.5, 0.6) is 0 Å². The molecule has 2 saturated heterocycles. The average molecular weight is 266 g/mol. The largest absolute Gasteiger partial charge is 0.342 e. The van der Waals surface area contributed by atoms with Gasteiger partial charge < -0.3 is 10.2 Å². The molecule has 0 radical (unpaired) electrons. The van der Waals surface area contributed by atoms with E-state index in [9.17, 15) is 0 Å². The third kappa shape index (κ3) is 2.38. The zero-order chi connectivity index (χ0) is 12.4. The summed E-state index contributed by atoms with van der Waals surface area (Å²) in [4.78, 5) is 7.21. The van der Waals surface area contributed by atoms with Gasteiger partial charge in [-0.15, -0.1) is 0 Å². The molecular weight excluding hydrogens is 244 g/mol. The summed E-state index contributed by atoms with van der Waals surface area (Å²) in [5.41, 5.74) is 0. The molecule has 5 heteroatoms. The number of aryl methyl sites for hydroxylation is 1. The van der Waals surface area contributed by atoms with E-state index in [0.717, 1.165) is 30.3 Å². The van der Waals surface area contributed by atoms with Crippen molar-refractivity contribution >= 4 is 16.7 Å². The quantitative estimate of drug-likeness (QED) is 0.907. The van der Waals surface area contributed by atoms with Crippen LogP contribution in [0.1, 0.15) is 44.9 Å². The molecule has 2 fully saturated rings. The van der Waals surface area contributed by atoms with Crippen molar-refractivity contribution in [1.29, 1.82) is 0 Å². The maximum atomic E-state index is 4.71. The predicted molar refractivity (Wildman–Crippen MR) is 75.3 cm³/mol. The Balaban J connectivity index is 1.72. The first-order valence-corrected chi connectivity index (χ1v) is 7.98. The Hall–Kier alpha value is -0.680. The lowest BCUT2D eigenvalue weighted by atomic mass is 10.0. The van der Waals surface area contributed by atoms with Gasteiger partial charge in [0.1, 0.15) is 5.82 Å². The number of nitrogens with one attached hydrogen (secondary N) is 1. The molecule has 2 aliphatic heterocycles. The van der Waals surface area contributed by atoms with Crippen molar-refractivity contribution in [2.75, 3.05) is 18.0 Å². The molecule has 0 bridgehead atoms. The molecule has 100 valence electrons. The van der Waals surface area contributed by atoms with Crippen LogP contribution in [0.3, 0.4) is 0 Å². The smallest absolute Gasteiger partial charge is 0.205 e. The molecule has 1 aromatic rings. The Kier molecular flexibility index (Phi) is 3.80. The minimum atomic E-state index is 0.648. The fourth-order valence-electron chi connectivity index (χ4n) is 3.17. The van der Waals surface area contributed by atoms with Gasteiger partial charge in [-0.05, 0) is 38.6 Å². The van der Waals surface area contributed by atoms with Crippen molar-refractivity contribution in [3.05, 3.63) is 5.82 Å². The first-order chi connectivity index (χ1) is 8.88. The van der Waals surface area contributed by atoms with Gasteiger partial charge in [0.2, 0.25) is 5.13 Å². The van der Waals surface area contributed by atoms with Crippen LogP contribution in [0.15, 0.2) is 0 Å². The first kappa shape index (κ1) is 12.4. The number of aromatic nitrogens is 2. The van der Waals surface area contributed by atoms with Crippen molar-refractivity contribution in [3.8, 4) is 0 Å². The number of anilines is 1. The maximum Gasteiger partial charge on any atom is 0.205 e. The van der Waals surface area contributed by atoms with E-state index < -0.39 is 0 Å². The summed E-state index contributed by atoms with van der Waals surface area (Å²) in [5, 5.41) is 4.79. The number of rotatable bonds is 4. The van der Waals surface area contributed by atoms with Crippen LogP contribution in [0, 0.1) is 0 Å². The third-order valence-electron chi connectivity index (χ3n) is 4.04. The highest BCUT2D eigenvalue weighted by Crippen LogP contribution is 2.31. The Morgan fingerprint density at radius 3 is 3.11 bits per heavy atom. The van der Waals surface area contributed by atoms with Crippen LogP contribution < -0.4 is 10.2 Å². The van der Waals surface area contributed by atoms with Crippen LogP contribution in [-0.4, -0.2) is 34.5 Å². The molecular formula is C13H22N4S. The van der Waals surface area contributed by atoms with E-state index >= 15 is 0 Å². The van der Waals surface area contributed by atoms with E-state index in [-0.39, 0.29) is 0 Å². The average Bonchev–Trinajstić information content (AvgIpc) is 3.10. The fraction of sp³-hybridized carbons (Fsp3) is 0.846. The lowest BCUT2D eigenvalue weighted by molar-refractivity contribution is 0.482. The monoisotopic (exact) mass is 266 g/mol. The van der Waals surface area contributed by atoms with Crippen molar-refractivity contribution in [2.24, 2.45) is 0 Å². The van der Waals surface area contributed by atoms with Crippen molar-refractivity contribution in [1.82, 2.24) is 14.7 Å². The SMILES string of the molecule is CCCc1nsc(N2CCCC2C2CCCN2)n1. The second-order valence-electron chi connectivity index (χ2n) is 5.35. The summed E-state index contributed by atoms with van der Waals surface area (Å²) < 4.78 is 4.48. The normalized spacial score (nSPS) is 28.2. The lowest BCUT2D eigenvalue weighted by Crippen LogP contribution is -2.44. The van der Waals surface area contributed by atoms with E-state index in [1.54, 1.807) is 11.5 Å². The van der Waals surface area contributed by atoms with E-state index in [0.29, 0.717) is 12.1 Å².